The number of fused-ring (bicyclic) bond motifs is 4. The maximum atomic E-state index is 14.0. The molecule has 0 fully saturated rings. The molecule has 0 saturated carbocycles. The van der Waals surface area contributed by atoms with E-state index in [1.54, 1.807) is 12.1 Å². The molecule has 1 aromatic heterocycles. The van der Waals surface area contributed by atoms with Crippen molar-refractivity contribution in [3.63, 3.8) is 0 Å². The van der Waals surface area contributed by atoms with Crippen molar-refractivity contribution in [2.75, 3.05) is 0 Å². The summed E-state index contributed by atoms with van der Waals surface area (Å²) >= 11 is 0. The van der Waals surface area contributed by atoms with Gasteiger partial charge in [-0.1, -0.05) is 54.6 Å². The molecule has 0 spiro atoms. The minimum Gasteiger partial charge on any atom is -0.247 e. The minimum absolute atomic E-state index is 0.201. The summed E-state index contributed by atoms with van der Waals surface area (Å²) in [5, 5.41) is 1.16. The molecule has 3 aromatic carbocycles. The molecule has 0 amide bonds. The summed E-state index contributed by atoms with van der Waals surface area (Å²) in [4.78, 5) is 4.98. The highest BCUT2D eigenvalue weighted by atomic mass is 19.1. The smallest absolute Gasteiger partial charge is 0.123 e. The van der Waals surface area contributed by atoms with Crippen LogP contribution in [0.3, 0.4) is 0 Å². The Morgan fingerprint density at radius 1 is 0.808 bits per heavy atom. The third kappa shape index (κ3) is 2.41. The molecule has 0 N–H and O–H groups in total. The molecule has 26 heavy (non-hydrogen) atoms. The summed E-state index contributed by atoms with van der Waals surface area (Å²) in [6.07, 6.45) is 2.95. The van der Waals surface area contributed by atoms with Gasteiger partial charge in [0.2, 0.25) is 0 Å². The van der Waals surface area contributed by atoms with E-state index in [4.69, 9.17) is 4.98 Å². The normalized spacial score (nSPS) is 13.1. The third-order valence-corrected chi connectivity index (χ3v) is 5.26. The highest BCUT2D eigenvalue weighted by molar-refractivity contribution is 5.99. The van der Waals surface area contributed by atoms with Gasteiger partial charge in [-0.25, -0.2) is 9.37 Å². The van der Waals surface area contributed by atoms with Crippen LogP contribution >= 0.6 is 0 Å². The fraction of sp³-hybridized carbons (Fsp3) is 0.125. The Balaban J connectivity index is 1.92. The van der Waals surface area contributed by atoms with Gasteiger partial charge in [-0.15, -0.1) is 0 Å². The SMILES string of the molecule is Fc1ccc2c(c1)-c1nc3ccccc3c(-c3ccccc3)c1CCC2. The lowest BCUT2D eigenvalue weighted by Crippen LogP contribution is -1.98. The first-order chi connectivity index (χ1) is 12.8. The number of hydrogen-bond donors (Lipinski definition) is 0. The minimum atomic E-state index is -0.201. The van der Waals surface area contributed by atoms with E-state index in [2.05, 4.69) is 36.4 Å². The largest absolute Gasteiger partial charge is 0.247 e. The van der Waals surface area contributed by atoms with Gasteiger partial charge in [0.1, 0.15) is 5.82 Å². The topological polar surface area (TPSA) is 12.9 Å². The van der Waals surface area contributed by atoms with Gasteiger partial charge in [0, 0.05) is 10.9 Å². The third-order valence-electron chi connectivity index (χ3n) is 5.26. The number of para-hydroxylation sites is 1. The number of pyridine rings is 1. The van der Waals surface area contributed by atoms with Crippen LogP contribution in [-0.2, 0) is 12.8 Å². The van der Waals surface area contributed by atoms with Crippen LogP contribution < -0.4 is 0 Å². The van der Waals surface area contributed by atoms with Crippen LogP contribution in [-0.4, -0.2) is 4.98 Å². The van der Waals surface area contributed by atoms with Crippen molar-refractivity contribution in [2.24, 2.45) is 0 Å². The summed E-state index contributed by atoms with van der Waals surface area (Å²) < 4.78 is 14.0. The van der Waals surface area contributed by atoms with Gasteiger partial charge in [-0.2, -0.15) is 0 Å². The van der Waals surface area contributed by atoms with Crippen LogP contribution in [0.2, 0.25) is 0 Å². The lowest BCUT2D eigenvalue weighted by molar-refractivity contribution is 0.627. The molecule has 0 radical (unpaired) electrons. The molecule has 1 aliphatic carbocycles. The van der Waals surface area contributed by atoms with E-state index < -0.39 is 0 Å². The van der Waals surface area contributed by atoms with Gasteiger partial charge in [0.05, 0.1) is 11.2 Å². The first-order valence-electron chi connectivity index (χ1n) is 9.07. The molecule has 1 aliphatic rings. The number of aromatic nitrogens is 1. The summed E-state index contributed by atoms with van der Waals surface area (Å²) in [6.45, 7) is 0. The zero-order valence-corrected chi connectivity index (χ0v) is 14.4. The predicted octanol–water partition coefficient (Wildman–Crippen LogP) is 6.20. The molecule has 0 saturated heterocycles. The van der Waals surface area contributed by atoms with Crippen LogP contribution in [0.25, 0.3) is 33.3 Å². The summed E-state index contributed by atoms with van der Waals surface area (Å²) in [5.41, 5.74) is 7.70. The maximum Gasteiger partial charge on any atom is 0.123 e. The second kappa shape index (κ2) is 6.06. The van der Waals surface area contributed by atoms with E-state index in [0.29, 0.717) is 0 Å². The highest BCUT2D eigenvalue weighted by Gasteiger charge is 2.22. The van der Waals surface area contributed by atoms with Crippen molar-refractivity contribution in [3.8, 4) is 22.4 Å². The van der Waals surface area contributed by atoms with Crippen molar-refractivity contribution in [3.05, 3.63) is 89.7 Å². The molecule has 0 aliphatic heterocycles. The number of nitrogens with zero attached hydrogens (tertiary/aromatic N) is 1. The zero-order chi connectivity index (χ0) is 17.5. The molecular formula is C24H18FN. The monoisotopic (exact) mass is 339 g/mol. The van der Waals surface area contributed by atoms with Gasteiger partial charge in [-0.3, -0.25) is 0 Å². The van der Waals surface area contributed by atoms with Crippen LogP contribution in [0.4, 0.5) is 4.39 Å². The van der Waals surface area contributed by atoms with Gasteiger partial charge in [0.25, 0.3) is 0 Å². The Morgan fingerprint density at radius 2 is 1.62 bits per heavy atom. The Labute approximate surface area is 152 Å². The van der Waals surface area contributed by atoms with E-state index in [0.717, 1.165) is 41.4 Å². The molecule has 126 valence electrons. The predicted molar refractivity (Wildman–Crippen MR) is 105 cm³/mol. The second-order valence-electron chi connectivity index (χ2n) is 6.85. The Bertz CT molecular complexity index is 1120. The number of halogens is 1. The number of hydrogen-bond acceptors (Lipinski definition) is 1. The van der Waals surface area contributed by atoms with Crippen LogP contribution in [0, 0.1) is 5.82 Å². The van der Waals surface area contributed by atoms with Crippen molar-refractivity contribution >= 4 is 10.9 Å². The highest BCUT2D eigenvalue weighted by Crippen LogP contribution is 2.40. The molecule has 1 heterocycles. The molecule has 0 atom stereocenters. The quantitative estimate of drug-likeness (QED) is 0.402. The van der Waals surface area contributed by atoms with Crippen LogP contribution in [0.5, 0.6) is 0 Å². The zero-order valence-electron chi connectivity index (χ0n) is 14.4. The van der Waals surface area contributed by atoms with E-state index >= 15 is 0 Å². The lowest BCUT2D eigenvalue weighted by Gasteiger charge is -2.17. The van der Waals surface area contributed by atoms with Gasteiger partial charge < -0.3 is 0 Å². The average Bonchev–Trinajstić information content (AvgIpc) is 2.86. The van der Waals surface area contributed by atoms with Crippen molar-refractivity contribution in [1.29, 1.82) is 0 Å². The van der Waals surface area contributed by atoms with Crippen LogP contribution in [0.1, 0.15) is 17.5 Å². The van der Waals surface area contributed by atoms with Crippen molar-refractivity contribution in [2.45, 2.75) is 19.3 Å². The van der Waals surface area contributed by atoms with E-state index in [1.807, 2.05) is 24.3 Å². The molecule has 0 bridgehead atoms. The molecule has 5 rings (SSSR count). The van der Waals surface area contributed by atoms with Crippen LogP contribution in [0.15, 0.2) is 72.8 Å². The summed E-state index contributed by atoms with van der Waals surface area (Å²) in [6, 6.07) is 23.9. The standard InChI is InChI=1S/C24H18FN/c25-18-14-13-16-9-6-11-20-23(17-7-2-1-3-8-17)19-10-4-5-12-22(19)26-24(20)21(16)15-18/h1-5,7-8,10,12-15H,6,9,11H2. The lowest BCUT2D eigenvalue weighted by atomic mass is 9.91. The molecule has 1 nitrogen and oxygen atoms in total. The Kier molecular flexibility index (Phi) is 3.56. The summed E-state index contributed by atoms with van der Waals surface area (Å²) in [7, 11) is 0. The first kappa shape index (κ1) is 15.3. The van der Waals surface area contributed by atoms with Crippen molar-refractivity contribution in [1.82, 2.24) is 4.98 Å². The molecule has 4 aromatic rings. The van der Waals surface area contributed by atoms with E-state index in [9.17, 15) is 4.39 Å². The Hall–Kier alpha value is -3.00. The van der Waals surface area contributed by atoms with Crippen molar-refractivity contribution < 1.29 is 4.39 Å². The number of aryl methyl sites for hydroxylation is 1. The first-order valence-corrected chi connectivity index (χ1v) is 9.07. The summed E-state index contributed by atoms with van der Waals surface area (Å²) in [5.74, 6) is -0.201. The molecular weight excluding hydrogens is 321 g/mol. The second-order valence-corrected chi connectivity index (χ2v) is 6.85. The fourth-order valence-electron chi connectivity index (χ4n) is 4.09. The maximum absolute atomic E-state index is 14.0. The number of rotatable bonds is 1. The Morgan fingerprint density at radius 3 is 2.50 bits per heavy atom. The van der Waals surface area contributed by atoms with E-state index in [1.165, 1.54) is 22.3 Å². The van der Waals surface area contributed by atoms with E-state index in [-0.39, 0.29) is 5.82 Å². The molecule has 2 heteroatoms. The van der Waals surface area contributed by atoms with Gasteiger partial charge >= 0.3 is 0 Å². The number of benzene rings is 3. The fourth-order valence-corrected chi connectivity index (χ4v) is 4.09. The van der Waals surface area contributed by atoms with Gasteiger partial charge in [-0.05, 0) is 59.7 Å². The molecule has 0 unspecified atom stereocenters. The van der Waals surface area contributed by atoms with Gasteiger partial charge in [0.15, 0.2) is 0 Å². The average molecular weight is 339 g/mol.